The van der Waals surface area contributed by atoms with Crippen LogP contribution in [0, 0.1) is 0 Å². The molecule has 0 bridgehead atoms. The highest BCUT2D eigenvalue weighted by Gasteiger charge is 2.53. The monoisotopic (exact) mass is 258 g/mol. The van der Waals surface area contributed by atoms with Gasteiger partial charge in [0.15, 0.2) is 5.54 Å². The first-order chi connectivity index (χ1) is 7.23. The van der Waals surface area contributed by atoms with Gasteiger partial charge >= 0.3 is 6.18 Å². The van der Waals surface area contributed by atoms with E-state index < -0.39 is 17.6 Å². The van der Waals surface area contributed by atoms with E-state index in [0.29, 0.717) is 13.3 Å². The molecule has 0 aromatic carbocycles. The summed E-state index contributed by atoms with van der Waals surface area (Å²) in [6, 6.07) is 0. The lowest BCUT2D eigenvalue weighted by Gasteiger charge is -2.26. The molecule has 0 aliphatic rings. The van der Waals surface area contributed by atoms with Gasteiger partial charge in [0.25, 0.3) is 0 Å². The van der Waals surface area contributed by atoms with Crippen molar-refractivity contribution in [2.24, 2.45) is 5.73 Å². The van der Waals surface area contributed by atoms with Crippen molar-refractivity contribution in [2.75, 3.05) is 18.6 Å². The SMILES string of the molecule is CSCCCCNC(=O)C(C)(N)C(F)(F)F. The largest absolute Gasteiger partial charge is 0.415 e. The number of halogens is 3. The molecule has 0 aliphatic heterocycles. The van der Waals surface area contributed by atoms with Crippen molar-refractivity contribution in [3.8, 4) is 0 Å². The molecule has 0 saturated heterocycles. The predicted octanol–water partition coefficient (Wildman–Crippen LogP) is 1.53. The number of thioether (sulfide) groups is 1. The molecule has 1 unspecified atom stereocenters. The van der Waals surface area contributed by atoms with Crippen LogP contribution < -0.4 is 11.1 Å². The van der Waals surface area contributed by atoms with Crippen LogP contribution in [0.3, 0.4) is 0 Å². The zero-order chi connectivity index (χ0) is 12.8. The average molecular weight is 258 g/mol. The lowest BCUT2D eigenvalue weighted by molar-refractivity contribution is -0.187. The third-order valence-electron chi connectivity index (χ3n) is 2.12. The van der Waals surface area contributed by atoms with Gasteiger partial charge in [0.1, 0.15) is 0 Å². The number of hydrogen-bond donors (Lipinski definition) is 2. The molecule has 0 heterocycles. The van der Waals surface area contributed by atoms with Crippen LogP contribution in [0.4, 0.5) is 13.2 Å². The number of carbonyl (C=O) groups excluding carboxylic acids is 1. The van der Waals surface area contributed by atoms with Gasteiger partial charge < -0.3 is 11.1 Å². The molecule has 16 heavy (non-hydrogen) atoms. The van der Waals surface area contributed by atoms with Gasteiger partial charge in [0, 0.05) is 6.54 Å². The van der Waals surface area contributed by atoms with Gasteiger partial charge in [-0.05, 0) is 31.8 Å². The number of alkyl halides is 3. The summed E-state index contributed by atoms with van der Waals surface area (Å²) in [5.74, 6) is -0.251. The quantitative estimate of drug-likeness (QED) is 0.710. The second kappa shape index (κ2) is 6.34. The van der Waals surface area contributed by atoms with Crippen molar-refractivity contribution in [1.82, 2.24) is 5.32 Å². The van der Waals surface area contributed by atoms with E-state index >= 15 is 0 Å². The van der Waals surface area contributed by atoms with Crippen molar-refractivity contribution >= 4 is 17.7 Å². The van der Waals surface area contributed by atoms with E-state index in [-0.39, 0.29) is 6.54 Å². The fraction of sp³-hybridized carbons (Fsp3) is 0.889. The molecule has 0 aromatic rings. The summed E-state index contributed by atoms with van der Waals surface area (Å²) in [6.45, 7) is 0.895. The van der Waals surface area contributed by atoms with E-state index in [1.807, 2.05) is 6.26 Å². The van der Waals surface area contributed by atoms with E-state index in [0.717, 1.165) is 12.2 Å². The molecule has 0 rings (SSSR count). The number of carbonyl (C=O) groups is 1. The van der Waals surface area contributed by atoms with Crippen molar-refractivity contribution < 1.29 is 18.0 Å². The number of unbranched alkanes of at least 4 members (excludes halogenated alkanes) is 1. The Morgan fingerprint density at radius 2 is 1.94 bits per heavy atom. The summed E-state index contributed by atoms with van der Waals surface area (Å²) in [5.41, 5.74) is 2.12. The highest BCUT2D eigenvalue weighted by Crippen LogP contribution is 2.27. The Kier molecular flexibility index (Phi) is 6.17. The highest BCUT2D eigenvalue weighted by molar-refractivity contribution is 7.98. The smallest absolute Gasteiger partial charge is 0.354 e. The molecule has 1 amide bonds. The van der Waals surface area contributed by atoms with Crippen LogP contribution in [0.5, 0.6) is 0 Å². The summed E-state index contributed by atoms with van der Waals surface area (Å²) in [7, 11) is 0. The molecular formula is C9H17F3N2OS. The molecule has 0 spiro atoms. The van der Waals surface area contributed by atoms with Gasteiger partial charge in [-0.1, -0.05) is 0 Å². The maximum Gasteiger partial charge on any atom is 0.415 e. The van der Waals surface area contributed by atoms with Crippen LogP contribution >= 0.6 is 11.8 Å². The first kappa shape index (κ1) is 15.6. The number of hydrogen-bond acceptors (Lipinski definition) is 3. The molecule has 0 fully saturated rings. The Morgan fingerprint density at radius 1 is 1.38 bits per heavy atom. The second-order valence-corrected chi connectivity index (χ2v) is 4.64. The van der Waals surface area contributed by atoms with Crippen LogP contribution in [0.25, 0.3) is 0 Å². The Hall–Kier alpha value is -0.430. The Bertz CT molecular complexity index is 231. The first-order valence-electron chi connectivity index (χ1n) is 4.86. The summed E-state index contributed by atoms with van der Waals surface area (Å²) < 4.78 is 37.0. The molecule has 0 aromatic heterocycles. The van der Waals surface area contributed by atoms with E-state index in [1.165, 1.54) is 0 Å². The van der Waals surface area contributed by atoms with Gasteiger partial charge in [-0.2, -0.15) is 24.9 Å². The zero-order valence-electron chi connectivity index (χ0n) is 9.36. The van der Waals surface area contributed by atoms with Crippen LogP contribution in [0.2, 0.25) is 0 Å². The van der Waals surface area contributed by atoms with Gasteiger partial charge in [-0.25, -0.2) is 0 Å². The Balaban J connectivity index is 3.98. The number of nitrogens with two attached hydrogens (primary N) is 1. The fourth-order valence-electron chi connectivity index (χ4n) is 0.886. The summed E-state index contributed by atoms with van der Waals surface area (Å²) in [6.07, 6.45) is -1.27. The average Bonchev–Trinajstić information content (AvgIpc) is 2.15. The van der Waals surface area contributed by atoms with Crippen molar-refractivity contribution in [3.63, 3.8) is 0 Å². The molecule has 7 heteroatoms. The minimum absolute atomic E-state index is 0.224. The molecule has 96 valence electrons. The van der Waals surface area contributed by atoms with Crippen molar-refractivity contribution in [3.05, 3.63) is 0 Å². The number of nitrogens with one attached hydrogen (secondary N) is 1. The lowest BCUT2D eigenvalue weighted by atomic mass is 10.0. The summed E-state index contributed by atoms with van der Waals surface area (Å²) in [5, 5.41) is 2.20. The minimum atomic E-state index is -4.73. The normalized spacial score (nSPS) is 15.6. The number of amides is 1. The summed E-state index contributed by atoms with van der Waals surface area (Å²) in [4.78, 5) is 11.2. The highest BCUT2D eigenvalue weighted by atomic mass is 32.2. The van der Waals surface area contributed by atoms with E-state index in [4.69, 9.17) is 5.73 Å². The van der Waals surface area contributed by atoms with E-state index in [2.05, 4.69) is 5.32 Å². The van der Waals surface area contributed by atoms with Gasteiger partial charge in [0.05, 0.1) is 0 Å². The summed E-state index contributed by atoms with van der Waals surface area (Å²) >= 11 is 1.65. The van der Waals surface area contributed by atoms with Crippen LogP contribution in [0.15, 0.2) is 0 Å². The maximum atomic E-state index is 12.3. The molecule has 3 nitrogen and oxygen atoms in total. The van der Waals surface area contributed by atoms with Crippen molar-refractivity contribution in [2.45, 2.75) is 31.5 Å². The van der Waals surface area contributed by atoms with Crippen LogP contribution in [0.1, 0.15) is 19.8 Å². The predicted molar refractivity (Wildman–Crippen MR) is 59.3 cm³/mol. The van der Waals surface area contributed by atoms with Gasteiger partial charge in [0.2, 0.25) is 5.91 Å². The molecule has 0 radical (unpaired) electrons. The molecular weight excluding hydrogens is 241 g/mol. The molecule has 0 aliphatic carbocycles. The maximum absolute atomic E-state index is 12.3. The van der Waals surface area contributed by atoms with Gasteiger partial charge in [-0.15, -0.1) is 0 Å². The van der Waals surface area contributed by atoms with E-state index in [1.54, 1.807) is 11.8 Å². The molecule has 3 N–H and O–H groups in total. The number of rotatable bonds is 6. The molecule has 0 saturated carbocycles. The first-order valence-corrected chi connectivity index (χ1v) is 6.25. The van der Waals surface area contributed by atoms with Gasteiger partial charge in [-0.3, -0.25) is 4.79 Å². The van der Waals surface area contributed by atoms with Crippen molar-refractivity contribution in [1.29, 1.82) is 0 Å². The fourth-order valence-corrected chi connectivity index (χ4v) is 1.38. The standard InChI is InChI=1S/C9H17F3N2OS/c1-8(13,9(10,11)12)7(15)14-5-3-4-6-16-2/h3-6,13H2,1-2H3,(H,14,15). The topological polar surface area (TPSA) is 55.1 Å². The second-order valence-electron chi connectivity index (χ2n) is 3.66. The third-order valence-corrected chi connectivity index (χ3v) is 2.82. The lowest BCUT2D eigenvalue weighted by Crippen LogP contribution is -2.61. The molecule has 1 atom stereocenters. The van der Waals surface area contributed by atoms with Crippen LogP contribution in [-0.2, 0) is 4.79 Å². The minimum Gasteiger partial charge on any atom is -0.354 e. The zero-order valence-corrected chi connectivity index (χ0v) is 10.2. The van der Waals surface area contributed by atoms with E-state index in [9.17, 15) is 18.0 Å². The Morgan fingerprint density at radius 3 is 2.38 bits per heavy atom. The third kappa shape index (κ3) is 4.61. The van der Waals surface area contributed by atoms with Crippen LogP contribution in [-0.4, -0.2) is 36.2 Å². The Labute approximate surface area is 97.3 Å².